The fourth-order valence-electron chi connectivity index (χ4n) is 3.35. The summed E-state index contributed by atoms with van der Waals surface area (Å²) in [7, 11) is 1.36. The molecule has 0 bridgehead atoms. The van der Waals surface area contributed by atoms with Gasteiger partial charge < -0.3 is 29.2 Å². The summed E-state index contributed by atoms with van der Waals surface area (Å²) in [6, 6.07) is 4.45. The number of benzene rings is 2. The molecule has 4 rings (SSSR count). The molecular formula is C19H18O7. The Morgan fingerprint density at radius 3 is 2.62 bits per heavy atom. The summed E-state index contributed by atoms with van der Waals surface area (Å²) >= 11 is 0. The van der Waals surface area contributed by atoms with E-state index in [1.807, 2.05) is 0 Å². The largest absolute Gasteiger partial charge is 0.504 e. The molecule has 2 heterocycles. The minimum absolute atomic E-state index is 0.0195. The molecule has 0 amide bonds. The van der Waals surface area contributed by atoms with Crippen LogP contribution in [-0.2, 0) is 6.42 Å². The van der Waals surface area contributed by atoms with E-state index in [1.165, 1.54) is 25.3 Å². The average molecular weight is 358 g/mol. The number of methoxy groups -OCH3 is 1. The van der Waals surface area contributed by atoms with E-state index < -0.39 is 22.9 Å². The van der Waals surface area contributed by atoms with Crippen molar-refractivity contribution < 1.29 is 29.2 Å². The number of hydrogen-bond donors (Lipinski definition) is 3. The Morgan fingerprint density at radius 2 is 1.96 bits per heavy atom. The molecule has 0 unspecified atom stereocenters. The molecule has 3 aromatic rings. The van der Waals surface area contributed by atoms with Crippen molar-refractivity contribution in [1.29, 1.82) is 0 Å². The number of aliphatic hydroxyl groups is 1. The molecule has 7 heteroatoms. The van der Waals surface area contributed by atoms with Crippen LogP contribution in [0.1, 0.15) is 19.4 Å². The molecule has 136 valence electrons. The highest BCUT2D eigenvalue weighted by Crippen LogP contribution is 2.50. The topological polar surface area (TPSA) is 109 Å². The van der Waals surface area contributed by atoms with E-state index in [4.69, 9.17) is 13.9 Å². The van der Waals surface area contributed by atoms with Crippen LogP contribution in [0.15, 0.2) is 27.4 Å². The second kappa shape index (κ2) is 5.28. The lowest BCUT2D eigenvalue weighted by Gasteiger charge is -2.24. The highest BCUT2D eigenvalue weighted by molar-refractivity contribution is 5.99. The van der Waals surface area contributed by atoms with Crippen molar-refractivity contribution in [2.24, 2.45) is 0 Å². The zero-order chi connectivity index (χ0) is 18.8. The lowest BCUT2D eigenvalue weighted by atomic mass is 9.96. The minimum Gasteiger partial charge on any atom is -0.504 e. The molecule has 0 fully saturated rings. The SMILES string of the molecule is COc1c2c(c3oc4c(O)cccc4c(=O)c3c1O)C[C@@H](C(C)(C)O)O2. The zero-order valence-electron chi connectivity index (χ0n) is 14.5. The molecule has 1 aromatic heterocycles. The zero-order valence-corrected chi connectivity index (χ0v) is 14.5. The van der Waals surface area contributed by atoms with Gasteiger partial charge in [0.05, 0.1) is 18.1 Å². The van der Waals surface area contributed by atoms with E-state index >= 15 is 0 Å². The Balaban J connectivity index is 2.15. The molecule has 0 aliphatic carbocycles. The third kappa shape index (κ3) is 2.13. The van der Waals surface area contributed by atoms with Gasteiger partial charge in [-0.1, -0.05) is 6.07 Å². The fourth-order valence-corrected chi connectivity index (χ4v) is 3.35. The third-order valence-corrected chi connectivity index (χ3v) is 4.75. The predicted molar refractivity (Wildman–Crippen MR) is 94.3 cm³/mol. The monoisotopic (exact) mass is 358 g/mol. The summed E-state index contributed by atoms with van der Waals surface area (Å²) in [5.41, 5.74) is -0.996. The number of rotatable bonds is 2. The Hall–Kier alpha value is -2.93. The molecule has 0 radical (unpaired) electrons. The van der Waals surface area contributed by atoms with Crippen LogP contribution in [0.4, 0.5) is 0 Å². The lowest BCUT2D eigenvalue weighted by Crippen LogP contribution is -2.39. The average Bonchev–Trinajstić information content (AvgIpc) is 3.01. The number of phenolic OH excluding ortho intramolecular Hbond substituents is 2. The van der Waals surface area contributed by atoms with E-state index in [0.29, 0.717) is 5.56 Å². The molecule has 2 aromatic carbocycles. The number of aromatic hydroxyl groups is 2. The molecule has 1 aliphatic heterocycles. The molecule has 26 heavy (non-hydrogen) atoms. The van der Waals surface area contributed by atoms with Crippen LogP contribution in [0.2, 0.25) is 0 Å². The molecule has 0 saturated heterocycles. The van der Waals surface area contributed by atoms with Crippen LogP contribution in [-0.4, -0.2) is 34.1 Å². The maximum absolute atomic E-state index is 12.9. The van der Waals surface area contributed by atoms with Crippen LogP contribution in [0, 0.1) is 0 Å². The highest BCUT2D eigenvalue weighted by Gasteiger charge is 2.40. The minimum atomic E-state index is -1.16. The first-order valence-electron chi connectivity index (χ1n) is 8.13. The Labute approximate surface area is 148 Å². The predicted octanol–water partition coefficient (Wildman–Crippen LogP) is 2.44. The quantitative estimate of drug-likeness (QED) is 0.604. The van der Waals surface area contributed by atoms with E-state index in [2.05, 4.69) is 0 Å². The molecule has 0 spiro atoms. The first-order chi connectivity index (χ1) is 12.2. The summed E-state index contributed by atoms with van der Waals surface area (Å²) in [6.07, 6.45) is -0.352. The number of ether oxygens (including phenoxy) is 2. The third-order valence-electron chi connectivity index (χ3n) is 4.75. The van der Waals surface area contributed by atoms with E-state index in [1.54, 1.807) is 13.8 Å². The number of hydrogen-bond acceptors (Lipinski definition) is 7. The van der Waals surface area contributed by atoms with Gasteiger partial charge in [-0.2, -0.15) is 0 Å². The summed E-state index contributed by atoms with van der Waals surface area (Å²) in [5.74, 6) is -0.325. The summed E-state index contributed by atoms with van der Waals surface area (Å²) < 4.78 is 16.9. The van der Waals surface area contributed by atoms with E-state index in [9.17, 15) is 20.1 Å². The number of para-hydroxylation sites is 1. The number of phenols is 2. The van der Waals surface area contributed by atoms with Crippen LogP contribution in [0.5, 0.6) is 23.0 Å². The fraction of sp³-hybridized carbons (Fsp3) is 0.316. The first-order valence-corrected chi connectivity index (χ1v) is 8.13. The van der Waals surface area contributed by atoms with E-state index in [-0.39, 0.29) is 45.6 Å². The Bertz CT molecular complexity index is 1110. The van der Waals surface area contributed by atoms with Crippen LogP contribution in [0.3, 0.4) is 0 Å². The normalized spacial score (nSPS) is 16.7. The molecule has 0 saturated carbocycles. The maximum Gasteiger partial charge on any atom is 0.204 e. The van der Waals surface area contributed by atoms with Crippen molar-refractivity contribution >= 4 is 21.9 Å². The van der Waals surface area contributed by atoms with E-state index in [0.717, 1.165) is 0 Å². The van der Waals surface area contributed by atoms with Gasteiger partial charge in [-0.25, -0.2) is 0 Å². The summed E-state index contributed by atoms with van der Waals surface area (Å²) in [4.78, 5) is 12.9. The van der Waals surface area contributed by atoms with Crippen LogP contribution >= 0.6 is 0 Å². The lowest BCUT2D eigenvalue weighted by molar-refractivity contribution is -0.0236. The second-order valence-corrected chi connectivity index (χ2v) is 6.94. The van der Waals surface area contributed by atoms with Gasteiger partial charge in [-0.3, -0.25) is 4.79 Å². The molecule has 7 nitrogen and oxygen atoms in total. The van der Waals surface area contributed by atoms with Gasteiger partial charge in [0.25, 0.3) is 0 Å². The molecule has 3 N–H and O–H groups in total. The Kier molecular flexibility index (Phi) is 3.36. The van der Waals surface area contributed by atoms with Crippen molar-refractivity contribution in [1.82, 2.24) is 0 Å². The van der Waals surface area contributed by atoms with Gasteiger partial charge in [-0.15, -0.1) is 0 Å². The standard InChI is InChI=1S/C19H18O7/c1-19(2,23)11-7-9-16-12(14(22)18(24-3)17(9)25-11)13(21)8-5-4-6-10(20)15(8)26-16/h4-6,11,20,22-23H,7H2,1-3H3/t11-/m0/s1. The van der Waals surface area contributed by atoms with Crippen molar-refractivity contribution in [2.45, 2.75) is 32.0 Å². The Morgan fingerprint density at radius 1 is 1.23 bits per heavy atom. The molecular weight excluding hydrogens is 340 g/mol. The van der Waals surface area contributed by atoms with Gasteiger partial charge in [0.15, 0.2) is 22.8 Å². The van der Waals surface area contributed by atoms with Gasteiger partial charge in [-0.05, 0) is 26.0 Å². The number of fused-ring (bicyclic) bond motifs is 4. The smallest absolute Gasteiger partial charge is 0.204 e. The van der Waals surface area contributed by atoms with Crippen molar-refractivity contribution in [3.8, 4) is 23.0 Å². The van der Waals surface area contributed by atoms with Gasteiger partial charge in [0.1, 0.15) is 17.1 Å². The first kappa shape index (κ1) is 16.5. The highest BCUT2D eigenvalue weighted by atomic mass is 16.5. The van der Waals surface area contributed by atoms with Gasteiger partial charge in [0, 0.05) is 12.0 Å². The van der Waals surface area contributed by atoms with Crippen molar-refractivity contribution in [3.05, 3.63) is 34.0 Å². The van der Waals surface area contributed by atoms with Crippen LogP contribution in [0.25, 0.3) is 21.9 Å². The van der Waals surface area contributed by atoms with Crippen LogP contribution < -0.4 is 14.9 Å². The summed E-state index contributed by atoms with van der Waals surface area (Å²) in [6.45, 7) is 3.21. The molecule has 1 atom stereocenters. The van der Waals surface area contributed by atoms with Gasteiger partial charge >= 0.3 is 0 Å². The summed E-state index contributed by atoms with van der Waals surface area (Å²) in [5, 5.41) is 31.1. The second-order valence-electron chi connectivity index (χ2n) is 6.94. The van der Waals surface area contributed by atoms with Crippen molar-refractivity contribution in [2.75, 3.05) is 7.11 Å². The molecule has 1 aliphatic rings. The van der Waals surface area contributed by atoms with Gasteiger partial charge in [0.2, 0.25) is 11.2 Å². The van der Waals surface area contributed by atoms with Crippen molar-refractivity contribution in [3.63, 3.8) is 0 Å². The maximum atomic E-state index is 12.9.